The molecule has 0 radical (unpaired) electrons. The second-order valence-corrected chi connectivity index (χ2v) is 5.35. The van der Waals surface area contributed by atoms with E-state index in [1.54, 1.807) is 0 Å². The van der Waals surface area contributed by atoms with Gasteiger partial charge < -0.3 is 16.2 Å². The van der Waals surface area contributed by atoms with Crippen molar-refractivity contribution in [2.24, 2.45) is 11.7 Å². The molecule has 5 heteroatoms. The highest BCUT2D eigenvalue weighted by molar-refractivity contribution is 5.88. The Morgan fingerprint density at radius 2 is 1.88 bits per heavy atom. The molecule has 0 bridgehead atoms. The second kappa shape index (κ2) is 4.64. The average molecular weight is 240 g/mol. The predicted molar refractivity (Wildman–Crippen MR) is 62.3 cm³/mol. The van der Waals surface area contributed by atoms with Crippen LogP contribution in [0.2, 0.25) is 0 Å². The van der Waals surface area contributed by atoms with Crippen LogP contribution in [-0.2, 0) is 9.59 Å². The minimum atomic E-state index is -1.01. The Morgan fingerprint density at radius 1 is 1.24 bits per heavy atom. The topological polar surface area (TPSA) is 92.4 Å². The maximum atomic E-state index is 12.0. The third-order valence-electron chi connectivity index (χ3n) is 4.07. The highest BCUT2D eigenvalue weighted by atomic mass is 16.4. The molecule has 96 valence electrons. The molecule has 0 heterocycles. The lowest BCUT2D eigenvalue weighted by Crippen LogP contribution is -2.54. The van der Waals surface area contributed by atoms with E-state index in [1.165, 1.54) is 0 Å². The summed E-state index contributed by atoms with van der Waals surface area (Å²) in [6.07, 6.45) is 5.16. The van der Waals surface area contributed by atoms with Gasteiger partial charge in [-0.25, -0.2) is 4.79 Å². The Hall–Kier alpha value is -1.10. The van der Waals surface area contributed by atoms with Crippen molar-refractivity contribution >= 4 is 11.9 Å². The molecule has 1 amide bonds. The Kier molecular flexibility index (Phi) is 3.38. The third-order valence-corrected chi connectivity index (χ3v) is 4.07. The monoisotopic (exact) mass is 240 g/mol. The molecule has 0 aromatic rings. The lowest BCUT2D eigenvalue weighted by molar-refractivity contribution is -0.148. The number of carbonyl (C=O) groups excluding carboxylic acids is 1. The van der Waals surface area contributed by atoms with E-state index in [0.717, 1.165) is 25.7 Å². The van der Waals surface area contributed by atoms with Crippen molar-refractivity contribution in [3.8, 4) is 0 Å². The maximum absolute atomic E-state index is 12.0. The van der Waals surface area contributed by atoms with Crippen LogP contribution in [0.1, 0.15) is 44.9 Å². The van der Waals surface area contributed by atoms with Crippen molar-refractivity contribution in [1.29, 1.82) is 0 Å². The van der Waals surface area contributed by atoms with E-state index in [-0.39, 0.29) is 17.9 Å². The summed E-state index contributed by atoms with van der Waals surface area (Å²) in [5, 5.41) is 12.0. The number of carboxylic acids is 1. The first-order valence-corrected chi connectivity index (χ1v) is 6.34. The van der Waals surface area contributed by atoms with Crippen molar-refractivity contribution in [3.05, 3.63) is 0 Å². The first-order valence-electron chi connectivity index (χ1n) is 6.34. The van der Waals surface area contributed by atoms with E-state index >= 15 is 0 Å². The van der Waals surface area contributed by atoms with Gasteiger partial charge >= 0.3 is 5.97 Å². The number of amides is 1. The molecule has 2 saturated carbocycles. The molecular formula is C12H20N2O3. The van der Waals surface area contributed by atoms with Crippen LogP contribution >= 0.6 is 0 Å². The summed E-state index contributed by atoms with van der Waals surface area (Å²) in [7, 11) is 0. The van der Waals surface area contributed by atoms with E-state index < -0.39 is 11.5 Å². The largest absolute Gasteiger partial charge is 0.480 e. The molecule has 0 aromatic carbocycles. The fraction of sp³-hybridized carbons (Fsp3) is 0.833. The van der Waals surface area contributed by atoms with Crippen LogP contribution in [0.25, 0.3) is 0 Å². The fourth-order valence-electron chi connectivity index (χ4n) is 2.96. The summed E-state index contributed by atoms with van der Waals surface area (Å²) >= 11 is 0. The van der Waals surface area contributed by atoms with Gasteiger partial charge in [-0.1, -0.05) is 12.8 Å². The van der Waals surface area contributed by atoms with E-state index in [4.69, 9.17) is 5.73 Å². The fourth-order valence-corrected chi connectivity index (χ4v) is 2.96. The van der Waals surface area contributed by atoms with Crippen molar-refractivity contribution in [3.63, 3.8) is 0 Å². The molecule has 2 aliphatic rings. The second-order valence-electron chi connectivity index (χ2n) is 5.35. The maximum Gasteiger partial charge on any atom is 0.329 e. The molecule has 0 saturated heterocycles. The molecule has 0 aromatic heterocycles. The molecule has 0 aliphatic heterocycles. The number of nitrogens with one attached hydrogen (secondary N) is 1. The Labute approximate surface area is 101 Å². The van der Waals surface area contributed by atoms with Crippen LogP contribution in [0.15, 0.2) is 0 Å². The summed E-state index contributed by atoms with van der Waals surface area (Å²) in [6, 6.07) is 0.0927. The van der Waals surface area contributed by atoms with E-state index in [9.17, 15) is 14.7 Å². The average Bonchev–Trinajstić information content (AvgIpc) is 2.87. The van der Waals surface area contributed by atoms with Gasteiger partial charge in [0.1, 0.15) is 5.54 Å². The van der Waals surface area contributed by atoms with Gasteiger partial charge in [0, 0.05) is 12.0 Å². The number of nitrogens with two attached hydrogens (primary N) is 1. The summed E-state index contributed by atoms with van der Waals surface area (Å²) in [5.74, 6) is -1.12. The van der Waals surface area contributed by atoms with Crippen molar-refractivity contribution in [2.75, 3.05) is 0 Å². The highest BCUT2D eigenvalue weighted by Crippen LogP contribution is 2.32. The predicted octanol–water partition coefficient (Wildman–Crippen LogP) is 0.627. The van der Waals surface area contributed by atoms with Crippen LogP contribution in [0.4, 0.5) is 0 Å². The zero-order valence-electron chi connectivity index (χ0n) is 9.95. The summed E-state index contributed by atoms with van der Waals surface area (Å²) in [5.41, 5.74) is 4.76. The first kappa shape index (κ1) is 12.4. The lowest BCUT2D eigenvalue weighted by atomic mass is 9.96. The quantitative estimate of drug-likeness (QED) is 0.674. The van der Waals surface area contributed by atoms with Crippen molar-refractivity contribution < 1.29 is 14.7 Å². The van der Waals surface area contributed by atoms with Gasteiger partial charge in [-0.2, -0.15) is 0 Å². The van der Waals surface area contributed by atoms with E-state index in [0.29, 0.717) is 19.3 Å². The molecule has 4 N–H and O–H groups in total. The minimum Gasteiger partial charge on any atom is -0.480 e. The van der Waals surface area contributed by atoms with Crippen LogP contribution < -0.4 is 11.1 Å². The summed E-state index contributed by atoms with van der Waals surface area (Å²) in [6.45, 7) is 0. The first-order chi connectivity index (χ1) is 8.03. The number of hydrogen-bond acceptors (Lipinski definition) is 3. The Balaban J connectivity index is 1.99. The SMILES string of the molecule is NC1CCC(C(=O)NC2(C(=O)O)CCCC2)C1. The molecular weight excluding hydrogens is 220 g/mol. The smallest absolute Gasteiger partial charge is 0.329 e. The van der Waals surface area contributed by atoms with Gasteiger partial charge in [0.2, 0.25) is 5.91 Å². The lowest BCUT2D eigenvalue weighted by Gasteiger charge is -2.27. The number of carboxylic acid groups (broad SMARTS) is 1. The number of hydrogen-bond donors (Lipinski definition) is 3. The molecule has 5 nitrogen and oxygen atoms in total. The van der Waals surface area contributed by atoms with E-state index in [1.807, 2.05) is 0 Å². The summed E-state index contributed by atoms with van der Waals surface area (Å²) in [4.78, 5) is 23.3. The van der Waals surface area contributed by atoms with Gasteiger partial charge in [0.05, 0.1) is 0 Å². The standard InChI is InChI=1S/C12H20N2O3/c13-9-4-3-8(7-9)10(15)14-12(11(16)17)5-1-2-6-12/h8-9H,1-7,13H2,(H,14,15)(H,16,17). The van der Waals surface area contributed by atoms with Crippen LogP contribution in [0, 0.1) is 5.92 Å². The van der Waals surface area contributed by atoms with Gasteiger partial charge in [-0.05, 0) is 32.1 Å². The van der Waals surface area contributed by atoms with Crippen molar-refractivity contribution in [2.45, 2.75) is 56.5 Å². The van der Waals surface area contributed by atoms with E-state index in [2.05, 4.69) is 5.32 Å². The normalized spacial score (nSPS) is 31.4. The highest BCUT2D eigenvalue weighted by Gasteiger charge is 2.44. The molecule has 0 spiro atoms. The number of aliphatic carboxylic acids is 1. The molecule has 2 rings (SSSR count). The van der Waals surface area contributed by atoms with Gasteiger partial charge in [0.15, 0.2) is 0 Å². The molecule has 17 heavy (non-hydrogen) atoms. The van der Waals surface area contributed by atoms with Gasteiger partial charge in [-0.3, -0.25) is 4.79 Å². The molecule has 2 unspecified atom stereocenters. The summed E-state index contributed by atoms with van der Waals surface area (Å²) < 4.78 is 0. The number of carbonyl (C=O) groups is 2. The van der Waals surface area contributed by atoms with Gasteiger partial charge in [0.25, 0.3) is 0 Å². The zero-order valence-corrected chi connectivity index (χ0v) is 9.95. The molecule has 2 aliphatic carbocycles. The van der Waals surface area contributed by atoms with Crippen molar-refractivity contribution in [1.82, 2.24) is 5.32 Å². The van der Waals surface area contributed by atoms with Gasteiger partial charge in [-0.15, -0.1) is 0 Å². The minimum absolute atomic E-state index is 0.0927. The molecule has 2 atom stereocenters. The van der Waals surface area contributed by atoms with Crippen LogP contribution in [-0.4, -0.2) is 28.6 Å². The zero-order chi connectivity index (χ0) is 12.5. The molecule has 2 fully saturated rings. The number of rotatable bonds is 3. The Morgan fingerprint density at radius 3 is 2.35 bits per heavy atom. The van der Waals surface area contributed by atoms with Crippen LogP contribution in [0.5, 0.6) is 0 Å². The Bertz CT molecular complexity index is 324. The van der Waals surface area contributed by atoms with Crippen LogP contribution in [0.3, 0.4) is 0 Å². The third kappa shape index (κ3) is 2.44.